The Kier molecular flexibility index (Phi) is 3.92. The third kappa shape index (κ3) is 2.65. The van der Waals surface area contributed by atoms with Crippen LogP contribution in [0.25, 0.3) is 0 Å². The molecule has 1 aromatic rings. The molecule has 112 valence electrons. The lowest BCUT2D eigenvalue weighted by atomic mass is 10.0. The van der Waals surface area contributed by atoms with Gasteiger partial charge in [0.25, 0.3) is 5.91 Å². The third-order valence-corrected chi connectivity index (χ3v) is 4.38. The minimum atomic E-state index is -0.0914. The Morgan fingerprint density at radius 2 is 2.10 bits per heavy atom. The molecule has 2 amide bonds. The molecule has 1 saturated heterocycles. The first-order valence-electron chi connectivity index (χ1n) is 7.48. The van der Waals surface area contributed by atoms with E-state index in [1.807, 2.05) is 18.2 Å². The number of hydrogen-bond acceptors (Lipinski definition) is 3. The molecule has 0 aromatic heterocycles. The van der Waals surface area contributed by atoms with Crippen molar-refractivity contribution in [2.45, 2.75) is 31.8 Å². The molecule has 2 aliphatic rings. The summed E-state index contributed by atoms with van der Waals surface area (Å²) in [5, 5.41) is 9.39. The Labute approximate surface area is 124 Å². The molecule has 3 rings (SSSR count). The number of amides is 2. The standard InChI is InChI=1S/C16H20N2O3/c19-11-13-6-3-4-8-18(13)15(20)10-17-9-12-5-1-2-7-14(12)16(17)21/h1-2,5,7,13,19H,3-4,6,8-11H2. The monoisotopic (exact) mass is 288 g/mol. The van der Waals surface area contributed by atoms with Gasteiger partial charge in [0.15, 0.2) is 0 Å². The van der Waals surface area contributed by atoms with E-state index in [1.54, 1.807) is 15.9 Å². The van der Waals surface area contributed by atoms with E-state index < -0.39 is 0 Å². The Bertz CT molecular complexity index is 558. The van der Waals surface area contributed by atoms with Crippen LogP contribution in [0.1, 0.15) is 35.2 Å². The minimum Gasteiger partial charge on any atom is -0.394 e. The van der Waals surface area contributed by atoms with Gasteiger partial charge in [0.05, 0.1) is 12.6 Å². The molecular formula is C16H20N2O3. The molecule has 2 aliphatic heterocycles. The van der Waals surface area contributed by atoms with Crippen molar-refractivity contribution in [1.82, 2.24) is 9.80 Å². The molecule has 0 radical (unpaired) electrons. The highest BCUT2D eigenvalue weighted by molar-refractivity contribution is 6.00. The van der Waals surface area contributed by atoms with E-state index in [9.17, 15) is 14.7 Å². The van der Waals surface area contributed by atoms with E-state index in [1.165, 1.54) is 0 Å². The number of nitrogens with zero attached hydrogens (tertiary/aromatic N) is 2. The highest BCUT2D eigenvalue weighted by atomic mass is 16.3. The highest BCUT2D eigenvalue weighted by Gasteiger charge is 2.32. The van der Waals surface area contributed by atoms with Gasteiger partial charge in [-0.3, -0.25) is 9.59 Å². The molecule has 0 aliphatic carbocycles. The number of carbonyl (C=O) groups excluding carboxylic acids is 2. The molecule has 0 bridgehead atoms. The van der Waals surface area contributed by atoms with Gasteiger partial charge in [0.1, 0.15) is 6.54 Å². The Morgan fingerprint density at radius 1 is 1.29 bits per heavy atom. The fraction of sp³-hybridized carbons (Fsp3) is 0.500. The van der Waals surface area contributed by atoms with Crippen LogP contribution in [0.4, 0.5) is 0 Å². The number of fused-ring (bicyclic) bond motifs is 1. The number of aliphatic hydroxyl groups is 1. The summed E-state index contributed by atoms with van der Waals surface area (Å²) in [4.78, 5) is 28.0. The number of benzene rings is 1. The first kappa shape index (κ1) is 14.1. The normalized spacial score (nSPS) is 21.6. The number of rotatable bonds is 3. The fourth-order valence-corrected chi connectivity index (χ4v) is 3.22. The van der Waals surface area contributed by atoms with Crippen molar-refractivity contribution in [3.63, 3.8) is 0 Å². The van der Waals surface area contributed by atoms with E-state index in [4.69, 9.17) is 0 Å². The molecular weight excluding hydrogens is 268 g/mol. The largest absolute Gasteiger partial charge is 0.394 e. The van der Waals surface area contributed by atoms with Crippen LogP contribution in [0.2, 0.25) is 0 Å². The number of piperidine rings is 1. The first-order chi connectivity index (χ1) is 10.2. The van der Waals surface area contributed by atoms with Crippen molar-refractivity contribution in [2.75, 3.05) is 19.7 Å². The van der Waals surface area contributed by atoms with Crippen LogP contribution in [0.3, 0.4) is 0 Å². The Hall–Kier alpha value is -1.88. The topological polar surface area (TPSA) is 60.9 Å². The summed E-state index contributed by atoms with van der Waals surface area (Å²) >= 11 is 0. The molecule has 0 spiro atoms. The minimum absolute atomic E-state index is 0.0000873. The average molecular weight is 288 g/mol. The van der Waals surface area contributed by atoms with E-state index in [0.29, 0.717) is 18.7 Å². The summed E-state index contributed by atoms with van der Waals surface area (Å²) in [5.74, 6) is -0.133. The summed E-state index contributed by atoms with van der Waals surface area (Å²) in [6, 6.07) is 7.39. The molecule has 1 aromatic carbocycles. The van der Waals surface area contributed by atoms with Crippen LogP contribution in [0.15, 0.2) is 24.3 Å². The van der Waals surface area contributed by atoms with Crippen LogP contribution in [0, 0.1) is 0 Å². The molecule has 1 N–H and O–H groups in total. The van der Waals surface area contributed by atoms with E-state index in [2.05, 4.69) is 0 Å². The summed E-state index contributed by atoms with van der Waals surface area (Å²) < 4.78 is 0. The van der Waals surface area contributed by atoms with Gasteiger partial charge in [-0.15, -0.1) is 0 Å². The van der Waals surface area contributed by atoms with Crippen molar-refractivity contribution in [1.29, 1.82) is 0 Å². The van der Waals surface area contributed by atoms with Crippen molar-refractivity contribution in [3.8, 4) is 0 Å². The number of likely N-dealkylation sites (tertiary alicyclic amines) is 1. The van der Waals surface area contributed by atoms with Gasteiger partial charge in [-0.05, 0) is 30.9 Å². The van der Waals surface area contributed by atoms with Gasteiger partial charge in [0, 0.05) is 18.7 Å². The van der Waals surface area contributed by atoms with Crippen LogP contribution in [-0.4, -0.2) is 52.5 Å². The van der Waals surface area contributed by atoms with Crippen LogP contribution in [-0.2, 0) is 11.3 Å². The molecule has 1 unspecified atom stereocenters. The second kappa shape index (κ2) is 5.85. The lowest BCUT2D eigenvalue weighted by molar-refractivity contribution is -0.136. The zero-order valence-electron chi connectivity index (χ0n) is 12.0. The summed E-state index contributed by atoms with van der Waals surface area (Å²) in [6.07, 6.45) is 2.86. The fourth-order valence-electron chi connectivity index (χ4n) is 3.22. The number of aliphatic hydroxyl groups excluding tert-OH is 1. The van der Waals surface area contributed by atoms with Gasteiger partial charge in [-0.25, -0.2) is 0 Å². The molecule has 5 heteroatoms. The second-order valence-electron chi connectivity index (χ2n) is 5.74. The molecule has 2 heterocycles. The molecule has 5 nitrogen and oxygen atoms in total. The SMILES string of the molecule is O=C1c2ccccc2CN1CC(=O)N1CCCCC1CO. The predicted molar refractivity (Wildman–Crippen MR) is 77.6 cm³/mol. The second-order valence-corrected chi connectivity index (χ2v) is 5.74. The van der Waals surface area contributed by atoms with Crippen LogP contribution in [0.5, 0.6) is 0 Å². The van der Waals surface area contributed by atoms with E-state index in [-0.39, 0.29) is 31.0 Å². The molecule has 0 saturated carbocycles. The number of hydrogen-bond donors (Lipinski definition) is 1. The molecule has 21 heavy (non-hydrogen) atoms. The van der Waals surface area contributed by atoms with Crippen molar-refractivity contribution >= 4 is 11.8 Å². The lowest BCUT2D eigenvalue weighted by Gasteiger charge is -2.35. The Balaban J connectivity index is 1.67. The summed E-state index contributed by atoms with van der Waals surface area (Å²) in [7, 11) is 0. The average Bonchev–Trinajstić information content (AvgIpc) is 2.84. The quantitative estimate of drug-likeness (QED) is 0.903. The van der Waals surface area contributed by atoms with Gasteiger partial charge < -0.3 is 14.9 Å². The van der Waals surface area contributed by atoms with Crippen molar-refractivity contribution in [3.05, 3.63) is 35.4 Å². The third-order valence-electron chi connectivity index (χ3n) is 4.38. The predicted octanol–water partition coefficient (Wildman–Crippen LogP) is 1.02. The van der Waals surface area contributed by atoms with Crippen molar-refractivity contribution in [2.24, 2.45) is 0 Å². The highest BCUT2D eigenvalue weighted by Crippen LogP contribution is 2.23. The van der Waals surface area contributed by atoms with Gasteiger partial charge in [0.2, 0.25) is 5.91 Å². The molecule has 1 atom stereocenters. The summed E-state index contributed by atoms with van der Waals surface area (Å²) in [6.45, 7) is 1.28. The van der Waals surface area contributed by atoms with Crippen LogP contribution >= 0.6 is 0 Å². The first-order valence-corrected chi connectivity index (χ1v) is 7.48. The van der Waals surface area contributed by atoms with Crippen molar-refractivity contribution < 1.29 is 14.7 Å². The van der Waals surface area contributed by atoms with E-state index >= 15 is 0 Å². The van der Waals surface area contributed by atoms with Crippen LogP contribution < -0.4 is 0 Å². The zero-order valence-corrected chi connectivity index (χ0v) is 12.0. The Morgan fingerprint density at radius 3 is 2.86 bits per heavy atom. The maximum Gasteiger partial charge on any atom is 0.254 e. The maximum atomic E-state index is 12.4. The zero-order chi connectivity index (χ0) is 14.8. The lowest BCUT2D eigenvalue weighted by Crippen LogP contribution is -2.49. The van der Waals surface area contributed by atoms with Gasteiger partial charge in [-0.1, -0.05) is 18.2 Å². The molecule has 1 fully saturated rings. The maximum absolute atomic E-state index is 12.4. The van der Waals surface area contributed by atoms with Gasteiger partial charge >= 0.3 is 0 Å². The summed E-state index contributed by atoms with van der Waals surface area (Å²) in [5.41, 5.74) is 1.68. The van der Waals surface area contributed by atoms with E-state index in [0.717, 1.165) is 24.8 Å². The smallest absolute Gasteiger partial charge is 0.254 e. The van der Waals surface area contributed by atoms with Gasteiger partial charge in [-0.2, -0.15) is 0 Å². The number of carbonyl (C=O) groups is 2.